The molecule has 7 heteroatoms. The van der Waals surface area contributed by atoms with E-state index in [9.17, 15) is 4.79 Å². The second-order valence-electron chi connectivity index (χ2n) is 4.45. The third kappa shape index (κ3) is 5.02. The maximum absolute atomic E-state index is 11.8. The number of imidazole rings is 1. The van der Waals surface area contributed by atoms with Gasteiger partial charge in [0.15, 0.2) is 5.69 Å². The highest BCUT2D eigenvalue weighted by molar-refractivity contribution is 5.92. The smallest absolute Gasteiger partial charge is 0.360 e. The van der Waals surface area contributed by atoms with E-state index in [-0.39, 0.29) is 5.69 Å². The van der Waals surface area contributed by atoms with Crippen molar-refractivity contribution in [2.75, 3.05) is 39.3 Å². The number of carbonyl (C=O) groups is 1. The summed E-state index contributed by atoms with van der Waals surface area (Å²) in [4.78, 5) is 16.1. The second-order valence-corrected chi connectivity index (χ2v) is 4.45. The Labute approximate surface area is 125 Å². The van der Waals surface area contributed by atoms with Crippen LogP contribution in [0.25, 0.3) is 0 Å². The molecule has 0 saturated heterocycles. The Morgan fingerprint density at radius 3 is 2.67 bits per heavy atom. The Kier molecular flexibility index (Phi) is 7.78. The van der Waals surface area contributed by atoms with Gasteiger partial charge in [-0.25, -0.2) is 9.78 Å². The fourth-order valence-corrected chi connectivity index (χ4v) is 1.95. The number of nitrogens with zero attached hydrogens (tertiary/aromatic N) is 2. The van der Waals surface area contributed by atoms with Gasteiger partial charge in [0.25, 0.3) is 0 Å². The number of hydrogen-bond acceptors (Lipinski definition) is 6. The number of aryl methyl sites for hydroxylation is 1. The highest BCUT2D eigenvalue weighted by Gasteiger charge is 2.20. The fraction of sp³-hybridized carbons (Fsp3) is 0.714. The van der Waals surface area contributed by atoms with Gasteiger partial charge < -0.3 is 24.5 Å². The van der Waals surface area contributed by atoms with E-state index < -0.39 is 5.97 Å². The van der Waals surface area contributed by atoms with Crippen LogP contribution in [0.5, 0.6) is 0 Å². The molecule has 0 atom stereocenters. The molecule has 0 saturated carbocycles. The number of ether oxygens (including phenoxy) is 3. The first-order chi connectivity index (χ1) is 10.2. The van der Waals surface area contributed by atoms with E-state index >= 15 is 0 Å². The highest BCUT2D eigenvalue weighted by Crippen LogP contribution is 2.17. The lowest BCUT2D eigenvalue weighted by Gasteiger charge is -2.09. The molecular weight excluding hydrogens is 274 g/mol. The molecule has 1 aromatic rings. The molecule has 0 bridgehead atoms. The van der Waals surface area contributed by atoms with Crippen molar-refractivity contribution in [1.82, 2.24) is 9.55 Å². The summed E-state index contributed by atoms with van der Waals surface area (Å²) in [6, 6.07) is 0. The number of nitrogen functional groups attached to an aromatic ring is 1. The van der Waals surface area contributed by atoms with E-state index in [0.717, 1.165) is 12.2 Å². The summed E-state index contributed by atoms with van der Waals surface area (Å²) in [5.74, 6) is 0.675. The van der Waals surface area contributed by atoms with Crippen molar-refractivity contribution < 1.29 is 19.0 Å². The first-order valence-electron chi connectivity index (χ1n) is 7.24. The lowest BCUT2D eigenvalue weighted by molar-refractivity contribution is 0.0521. The van der Waals surface area contributed by atoms with E-state index in [2.05, 4.69) is 4.98 Å². The minimum absolute atomic E-state index is 0.203. The summed E-state index contributed by atoms with van der Waals surface area (Å²) in [6.45, 7) is 6.46. The predicted molar refractivity (Wildman–Crippen MR) is 79.3 cm³/mol. The number of rotatable bonds is 10. The molecule has 0 radical (unpaired) electrons. The number of aromatic nitrogens is 2. The van der Waals surface area contributed by atoms with E-state index in [1.54, 1.807) is 14.0 Å². The third-order valence-electron chi connectivity index (χ3n) is 2.97. The minimum Gasteiger partial charge on any atom is -0.461 e. The van der Waals surface area contributed by atoms with Crippen molar-refractivity contribution in [2.24, 2.45) is 0 Å². The van der Waals surface area contributed by atoms with Crippen LogP contribution in [-0.4, -0.2) is 49.1 Å². The minimum atomic E-state index is -0.472. The van der Waals surface area contributed by atoms with Crippen molar-refractivity contribution in [3.8, 4) is 0 Å². The molecule has 0 amide bonds. The SMILES string of the molecule is CCOC(=O)c1nc(CC)n(CCCOCCOC)c1N. The molecule has 0 aliphatic rings. The van der Waals surface area contributed by atoms with E-state index in [0.29, 0.717) is 45.2 Å². The largest absolute Gasteiger partial charge is 0.461 e. The zero-order chi connectivity index (χ0) is 15.7. The van der Waals surface area contributed by atoms with Crippen LogP contribution >= 0.6 is 0 Å². The van der Waals surface area contributed by atoms with E-state index in [4.69, 9.17) is 19.9 Å². The third-order valence-corrected chi connectivity index (χ3v) is 2.97. The Balaban J connectivity index is 2.62. The van der Waals surface area contributed by atoms with Gasteiger partial charge in [-0.2, -0.15) is 0 Å². The molecule has 0 spiro atoms. The summed E-state index contributed by atoms with van der Waals surface area (Å²) in [5.41, 5.74) is 6.21. The Hall–Kier alpha value is -1.60. The highest BCUT2D eigenvalue weighted by atomic mass is 16.5. The normalized spacial score (nSPS) is 10.8. The Morgan fingerprint density at radius 2 is 2.05 bits per heavy atom. The molecular formula is C14H25N3O4. The summed E-state index contributed by atoms with van der Waals surface area (Å²) in [7, 11) is 1.64. The van der Waals surface area contributed by atoms with Crippen molar-refractivity contribution in [2.45, 2.75) is 33.2 Å². The van der Waals surface area contributed by atoms with E-state index in [1.165, 1.54) is 0 Å². The number of esters is 1. The van der Waals surface area contributed by atoms with Crippen LogP contribution in [0.4, 0.5) is 5.82 Å². The first kappa shape index (κ1) is 17.5. The van der Waals surface area contributed by atoms with Gasteiger partial charge in [-0.1, -0.05) is 6.92 Å². The van der Waals surface area contributed by atoms with Gasteiger partial charge in [-0.3, -0.25) is 0 Å². The molecule has 1 rings (SSSR count). The number of methoxy groups -OCH3 is 1. The van der Waals surface area contributed by atoms with Gasteiger partial charge in [-0.15, -0.1) is 0 Å². The number of hydrogen-bond donors (Lipinski definition) is 1. The number of nitrogens with two attached hydrogens (primary N) is 1. The number of carbonyl (C=O) groups excluding carboxylic acids is 1. The molecule has 0 aliphatic heterocycles. The Morgan fingerprint density at radius 1 is 1.29 bits per heavy atom. The maximum atomic E-state index is 11.8. The first-order valence-corrected chi connectivity index (χ1v) is 7.24. The average Bonchev–Trinajstić information content (AvgIpc) is 2.79. The van der Waals surface area contributed by atoms with Crippen molar-refractivity contribution in [1.29, 1.82) is 0 Å². The molecule has 120 valence electrons. The van der Waals surface area contributed by atoms with Crippen LogP contribution in [-0.2, 0) is 27.2 Å². The maximum Gasteiger partial charge on any atom is 0.360 e. The molecule has 0 fully saturated rings. The Bertz CT molecular complexity index is 446. The molecule has 0 aliphatic carbocycles. The zero-order valence-corrected chi connectivity index (χ0v) is 13.1. The average molecular weight is 299 g/mol. The predicted octanol–water partition coefficient (Wildman–Crippen LogP) is 1.26. The molecule has 1 heterocycles. The van der Waals surface area contributed by atoms with Crippen molar-refractivity contribution >= 4 is 11.8 Å². The summed E-state index contributed by atoms with van der Waals surface area (Å²) >= 11 is 0. The molecule has 7 nitrogen and oxygen atoms in total. The lowest BCUT2D eigenvalue weighted by atomic mass is 10.4. The van der Waals surface area contributed by atoms with Crippen LogP contribution in [0.15, 0.2) is 0 Å². The fourth-order valence-electron chi connectivity index (χ4n) is 1.95. The van der Waals surface area contributed by atoms with Crippen LogP contribution in [0.3, 0.4) is 0 Å². The molecule has 0 aromatic carbocycles. The summed E-state index contributed by atoms with van der Waals surface area (Å²) < 4.78 is 17.1. The topological polar surface area (TPSA) is 88.6 Å². The van der Waals surface area contributed by atoms with Gasteiger partial charge in [0.05, 0.1) is 19.8 Å². The van der Waals surface area contributed by atoms with Crippen LogP contribution in [0, 0.1) is 0 Å². The summed E-state index contributed by atoms with van der Waals surface area (Å²) in [5, 5.41) is 0. The standard InChI is InChI=1S/C14H25N3O4/c1-4-11-16-12(14(18)21-5-2)13(15)17(11)7-6-8-20-10-9-19-3/h4-10,15H2,1-3H3. The van der Waals surface area contributed by atoms with Gasteiger partial charge in [0.2, 0.25) is 0 Å². The molecule has 1 aromatic heterocycles. The quantitative estimate of drug-likeness (QED) is 0.517. The second kappa shape index (κ2) is 9.36. The van der Waals surface area contributed by atoms with Crippen LogP contribution in [0.2, 0.25) is 0 Å². The molecule has 21 heavy (non-hydrogen) atoms. The van der Waals surface area contributed by atoms with Gasteiger partial charge in [0.1, 0.15) is 11.6 Å². The molecule has 2 N–H and O–H groups in total. The van der Waals surface area contributed by atoms with Gasteiger partial charge >= 0.3 is 5.97 Å². The summed E-state index contributed by atoms with van der Waals surface area (Å²) in [6.07, 6.45) is 1.49. The van der Waals surface area contributed by atoms with Crippen LogP contribution in [0.1, 0.15) is 36.6 Å². The van der Waals surface area contributed by atoms with Crippen LogP contribution < -0.4 is 5.73 Å². The lowest BCUT2D eigenvalue weighted by Crippen LogP contribution is -2.12. The number of anilines is 1. The monoisotopic (exact) mass is 299 g/mol. The van der Waals surface area contributed by atoms with Gasteiger partial charge in [0, 0.05) is 26.7 Å². The molecule has 0 unspecified atom stereocenters. The zero-order valence-electron chi connectivity index (χ0n) is 13.1. The van der Waals surface area contributed by atoms with Crippen molar-refractivity contribution in [3.05, 3.63) is 11.5 Å². The van der Waals surface area contributed by atoms with Gasteiger partial charge in [-0.05, 0) is 13.3 Å². The van der Waals surface area contributed by atoms with E-state index in [1.807, 2.05) is 11.5 Å². The van der Waals surface area contributed by atoms with Crippen molar-refractivity contribution in [3.63, 3.8) is 0 Å².